The van der Waals surface area contributed by atoms with Crippen molar-refractivity contribution in [2.75, 3.05) is 16.8 Å². The van der Waals surface area contributed by atoms with Gasteiger partial charge >= 0.3 is 0 Å². The fraction of sp³-hybridized carbons (Fsp3) is 0.130. The first-order chi connectivity index (χ1) is 14.4. The Morgan fingerprint density at radius 3 is 2.73 bits per heavy atom. The molecule has 0 aromatic heterocycles. The van der Waals surface area contributed by atoms with Crippen LogP contribution in [-0.4, -0.2) is 23.5 Å². The standard InChI is InChI=1S/C23H17ClN2O4/c1-13-6-8-15(24)11-19(13)26-22(28)16-4-2-3-5-17(16)23(26,29)14-7-9-20-18(10-14)25-21(27)12-30-20/h2-11,29H,12H2,1H3,(H,25,27). The number of rotatable bonds is 2. The molecule has 1 atom stereocenters. The summed E-state index contributed by atoms with van der Waals surface area (Å²) in [7, 11) is 0. The van der Waals surface area contributed by atoms with Gasteiger partial charge in [0.1, 0.15) is 5.75 Å². The van der Waals surface area contributed by atoms with E-state index in [2.05, 4.69) is 5.32 Å². The number of hydrogen-bond acceptors (Lipinski definition) is 4. The summed E-state index contributed by atoms with van der Waals surface area (Å²) in [5.41, 5.74) is 1.22. The highest BCUT2D eigenvalue weighted by Gasteiger charge is 2.51. The average molecular weight is 421 g/mol. The van der Waals surface area contributed by atoms with Crippen LogP contribution in [0.3, 0.4) is 0 Å². The number of hydrogen-bond donors (Lipinski definition) is 2. The van der Waals surface area contributed by atoms with Crippen LogP contribution in [0.15, 0.2) is 60.7 Å². The number of anilines is 2. The van der Waals surface area contributed by atoms with Gasteiger partial charge in [-0.2, -0.15) is 0 Å². The molecule has 0 bridgehead atoms. The molecule has 2 N–H and O–H groups in total. The largest absolute Gasteiger partial charge is 0.482 e. The van der Waals surface area contributed by atoms with Crippen molar-refractivity contribution in [3.63, 3.8) is 0 Å². The van der Waals surface area contributed by atoms with Gasteiger partial charge in [-0.15, -0.1) is 0 Å². The number of benzene rings is 3. The molecule has 0 fully saturated rings. The van der Waals surface area contributed by atoms with Crippen molar-refractivity contribution in [1.82, 2.24) is 0 Å². The van der Waals surface area contributed by atoms with E-state index in [1.54, 1.807) is 60.7 Å². The zero-order valence-electron chi connectivity index (χ0n) is 16.0. The minimum absolute atomic E-state index is 0.0637. The predicted molar refractivity (Wildman–Crippen MR) is 113 cm³/mol. The smallest absolute Gasteiger partial charge is 0.262 e. The Balaban J connectivity index is 1.76. The van der Waals surface area contributed by atoms with Crippen LogP contribution in [0.1, 0.15) is 27.0 Å². The van der Waals surface area contributed by atoms with E-state index in [-0.39, 0.29) is 18.4 Å². The lowest BCUT2D eigenvalue weighted by Gasteiger charge is -2.36. The summed E-state index contributed by atoms with van der Waals surface area (Å²) in [4.78, 5) is 26.6. The lowest BCUT2D eigenvalue weighted by atomic mass is 9.92. The molecule has 2 aliphatic heterocycles. The van der Waals surface area contributed by atoms with Gasteiger partial charge in [0.25, 0.3) is 11.8 Å². The highest BCUT2D eigenvalue weighted by atomic mass is 35.5. The topological polar surface area (TPSA) is 78.9 Å². The van der Waals surface area contributed by atoms with Crippen LogP contribution in [0, 0.1) is 6.92 Å². The third-order valence-corrected chi connectivity index (χ3v) is 5.72. The first kappa shape index (κ1) is 18.7. The molecule has 2 heterocycles. The molecule has 0 aliphatic carbocycles. The number of nitrogens with zero attached hydrogens (tertiary/aromatic N) is 1. The summed E-state index contributed by atoms with van der Waals surface area (Å²) in [6.45, 7) is 1.79. The van der Waals surface area contributed by atoms with Gasteiger partial charge in [-0.25, -0.2) is 0 Å². The van der Waals surface area contributed by atoms with Gasteiger partial charge in [-0.05, 0) is 48.9 Å². The SMILES string of the molecule is Cc1ccc(Cl)cc1N1C(=O)c2ccccc2C1(O)c1ccc2c(c1)NC(=O)CO2. The zero-order chi connectivity index (χ0) is 21.0. The Morgan fingerprint density at radius 2 is 1.90 bits per heavy atom. The predicted octanol–water partition coefficient (Wildman–Crippen LogP) is 3.83. The molecule has 3 aromatic carbocycles. The van der Waals surface area contributed by atoms with Crippen LogP contribution in [0.5, 0.6) is 5.75 Å². The maximum atomic E-state index is 13.4. The second-order valence-electron chi connectivity index (χ2n) is 7.34. The van der Waals surface area contributed by atoms with Crippen molar-refractivity contribution < 1.29 is 19.4 Å². The van der Waals surface area contributed by atoms with E-state index in [0.29, 0.717) is 38.8 Å². The Hall–Kier alpha value is -3.35. The number of aliphatic hydroxyl groups is 1. The fourth-order valence-corrected chi connectivity index (χ4v) is 4.22. The number of nitrogens with one attached hydrogen (secondary N) is 1. The van der Waals surface area contributed by atoms with E-state index in [1.807, 2.05) is 6.92 Å². The van der Waals surface area contributed by atoms with E-state index in [0.717, 1.165) is 5.56 Å². The molecule has 0 radical (unpaired) electrons. The van der Waals surface area contributed by atoms with E-state index < -0.39 is 5.72 Å². The molecular formula is C23H17ClN2O4. The maximum absolute atomic E-state index is 13.4. The summed E-state index contributed by atoms with van der Waals surface area (Å²) >= 11 is 6.22. The van der Waals surface area contributed by atoms with E-state index >= 15 is 0 Å². The van der Waals surface area contributed by atoms with Gasteiger partial charge in [-0.3, -0.25) is 14.5 Å². The lowest BCUT2D eigenvalue weighted by molar-refractivity contribution is -0.118. The minimum Gasteiger partial charge on any atom is -0.482 e. The number of fused-ring (bicyclic) bond motifs is 2. The molecular weight excluding hydrogens is 404 g/mol. The fourth-order valence-electron chi connectivity index (χ4n) is 4.05. The number of aryl methyl sites for hydroxylation is 1. The first-order valence-electron chi connectivity index (χ1n) is 9.39. The minimum atomic E-state index is -1.79. The molecule has 0 spiro atoms. The van der Waals surface area contributed by atoms with Gasteiger partial charge in [0.15, 0.2) is 12.3 Å². The van der Waals surface area contributed by atoms with Crippen molar-refractivity contribution in [1.29, 1.82) is 0 Å². The Kier molecular flexibility index (Phi) is 4.10. The van der Waals surface area contributed by atoms with E-state index in [1.165, 1.54) is 4.90 Å². The molecule has 30 heavy (non-hydrogen) atoms. The molecule has 2 amide bonds. The lowest BCUT2D eigenvalue weighted by Crippen LogP contribution is -2.45. The van der Waals surface area contributed by atoms with Crippen LogP contribution in [0.2, 0.25) is 5.02 Å². The molecule has 150 valence electrons. The van der Waals surface area contributed by atoms with Gasteiger partial charge < -0.3 is 15.2 Å². The van der Waals surface area contributed by atoms with Crippen molar-refractivity contribution in [2.45, 2.75) is 12.6 Å². The summed E-state index contributed by atoms with van der Waals surface area (Å²) in [6.07, 6.45) is 0. The first-order valence-corrected chi connectivity index (χ1v) is 9.77. The highest BCUT2D eigenvalue weighted by molar-refractivity contribution is 6.31. The molecule has 1 unspecified atom stereocenters. The number of halogens is 1. The third kappa shape index (κ3) is 2.61. The molecule has 5 rings (SSSR count). The van der Waals surface area contributed by atoms with Crippen molar-refractivity contribution in [3.8, 4) is 5.75 Å². The molecule has 0 saturated carbocycles. The maximum Gasteiger partial charge on any atom is 0.262 e. The monoisotopic (exact) mass is 420 g/mol. The van der Waals surface area contributed by atoms with Crippen LogP contribution in [0.25, 0.3) is 0 Å². The second kappa shape index (κ2) is 6.58. The highest BCUT2D eigenvalue weighted by Crippen LogP contribution is 2.47. The van der Waals surface area contributed by atoms with Crippen LogP contribution < -0.4 is 15.0 Å². The van der Waals surface area contributed by atoms with Crippen LogP contribution in [-0.2, 0) is 10.5 Å². The Bertz CT molecular complexity index is 1230. The van der Waals surface area contributed by atoms with E-state index in [4.69, 9.17) is 16.3 Å². The normalized spacial score (nSPS) is 19.8. The second-order valence-corrected chi connectivity index (χ2v) is 7.77. The van der Waals surface area contributed by atoms with Crippen molar-refractivity contribution >= 4 is 34.8 Å². The average Bonchev–Trinajstić information content (AvgIpc) is 2.97. The third-order valence-electron chi connectivity index (χ3n) is 5.49. The summed E-state index contributed by atoms with van der Waals surface area (Å²) in [5, 5.41) is 15.3. The Labute approximate surface area is 177 Å². The van der Waals surface area contributed by atoms with Gasteiger partial charge in [0, 0.05) is 21.7 Å². The summed E-state index contributed by atoms with van der Waals surface area (Å²) < 4.78 is 5.43. The Morgan fingerprint density at radius 1 is 1.10 bits per heavy atom. The van der Waals surface area contributed by atoms with Crippen molar-refractivity contribution in [3.05, 3.63) is 87.9 Å². The molecule has 2 aliphatic rings. The van der Waals surface area contributed by atoms with Gasteiger partial charge in [-0.1, -0.05) is 35.9 Å². The van der Waals surface area contributed by atoms with Crippen molar-refractivity contribution in [2.24, 2.45) is 0 Å². The molecule has 0 saturated heterocycles. The van der Waals surface area contributed by atoms with E-state index in [9.17, 15) is 14.7 Å². The van der Waals surface area contributed by atoms with Crippen LogP contribution in [0.4, 0.5) is 11.4 Å². The van der Waals surface area contributed by atoms with Gasteiger partial charge in [0.05, 0.1) is 11.4 Å². The number of carbonyl (C=O) groups excluding carboxylic acids is 2. The molecule has 7 heteroatoms. The number of carbonyl (C=O) groups is 2. The van der Waals surface area contributed by atoms with Crippen LogP contribution >= 0.6 is 11.6 Å². The molecule has 6 nitrogen and oxygen atoms in total. The summed E-state index contributed by atoms with van der Waals surface area (Å²) in [6, 6.07) is 17.1. The number of amides is 2. The number of ether oxygens (including phenoxy) is 1. The quantitative estimate of drug-likeness (QED) is 0.660. The summed E-state index contributed by atoms with van der Waals surface area (Å²) in [5.74, 6) is -0.112. The zero-order valence-corrected chi connectivity index (χ0v) is 16.7. The molecule has 3 aromatic rings. The van der Waals surface area contributed by atoms with Gasteiger partial charge in [0.2, 0.25) is 0 Å².